The summed E-state index contributed by atoms with van der Waals surface area (Å²) >= 11 is 0. The van der Waals surface area contributed by atoms with Crippen molar-refractivity contribution >= 4 is 29.9 Å². The lowest BCUT2D eigenvalue weighted by molar-refractivity contribution is -0.171. The van der Waals surface area contributed by atoms with Gasteiger partial charge in [0.05, 0.1) is 20.3 Å². The maximum absolute atomic E-state index is 6.05. The van der Waals surface area contributed by atoms with Crippen LogP contribution in [0, 0.1) is 11.3 Å². The van der Waals surface area contributed by atoms with Gasteiger partial charge in [-0.25, -0.2) is 0 Å². The summed E-state index contributed by atoms with van der Waals surface area (Å²) in [6.45, 7) is 1.81. The zero-order valence-electron chi connectivity index (χ0n) is 17.9. The van der Waals surface area contributed by atoms with E-state index in [1.807, 2.05) is 13.1 Å². The van der Waals surface area contributed by atoms with E-state index in [1.54, 1.807) is 14.2 Å². The summed E-state index contributed by atoms with van der Waals surface area (Å²) in [4.78, 5) is 6.80. The molecule has 4 rings (SSSR count). The second-order valence-electron chi connectivity index (χ2n) is 8.36. The number of nitrogens with zero attached hydrogens (tertiary/aromatic N) is 2. The highest BCUT2D eigenvalue weighted by molar-refractivity contribution is 14.0. The Morgan fingerprint density at radius 2 is 2.03 bits per heavy atom. The molecule has 1 spiro atoms. The van der Waals surface area contributed by atoms with E-state index in [0.29, 0.717) is 23.5 Å². The summed E-state index contributed by atoms with van der Waals surface area (Å²) < 4.78 is 16.8. The number of fused-ring (bicyclic) bond motifs is 2. The zero-order valence-corrected chi connectivity index (χ0v) is 20.3. The second-order valence-corrected chi connectivity index (χ2v) is 8.36. The maximum atomic E-state index is 6.05. The molecule has 1 aliphatic heterocycles. The lowest BCUT2D eigenvalue weighted by Gasteiger charge is -2.63. The first-order valence-electron chi connectivity index (χ1n) is 10.4. The van der Waals surface area contributed by atoms with Crippen LogP contribution < -0.4 is 14.8 Å². The number of methoxy groups -OCH3 is 2. The van der Waals surface area contributed by atoms with Crippen LogP contribution in [0.2, 0.25) is 0 Å². The number of rotatable bonds is 6. The van der Waals surface area contributed by atoms with Gasteiger partial charge in [0.15, 0.2) is 17.5 Å². The molecular formula is C22H34IN3O3. The first-order chi connectivity index (χ1) is 13.6. The average molecular weight is 515 g/mol. The van der Waals surface area contributed by atoms with Crippen molar-refractivity contribution in [1.82, 2.24) is 10.2 Å². The predicted octanol–water partition coefficient (Wildman–Crippen LogP) is 3.33. The molecule has 0 bridgehead atoms. The van der Waals surface area contributed by atoms with E-state index in [4.69, 9.17) is 14.2 Å². The Bertz CT molecular complexity index is 738. The Morgan fingerprint density at radius 1 is 1.28 bits per heavy atom. The van der Waals surface area contributed by atoms with Gasteiger partial charge in [0, 0.05) is 44.6 Å². The Labute approximate surface area is 191 Å². The summed E-state index contributed by atoms with van der Waals surface area (Å²) in [5, 5.41) is 3.80. The van der Waals surface area contributed by atoms with Gasteiger partial charge >= 0.3 is 0 Å². The van der Waals surface area contributed by atoms with Gasteiger partial charge < -0.3 is 24.4 Å². The molecule has 3 atom stereocenters. The van der Waals surface area contributed by atoms with Gasteiger partial charge in [-0.05, 0) is 43.4 Å². The van der Waals surface area contributed by atoms with E-state index >= 15 is 0 Å². The summed E-state index contributed by atoms with van der Waals surface area (Å²) in [6, 6.07) is 6.63. The predicted molar refractivity (Wildman–Crippen MR) is 126 cm³/mol. The van der Waals surface area contributed by atoms with Crippen LogP contribution in [0.15, 0.2) is 23.2 Å². The molecule has 2 aliphatic carbocycles. The van der Waals surface area contributed by atoms with E-state index in [-0.39, 0.29) is 24.0 Å². The van der Waals surface area contributed by atoms with Crippen molar-refractivity contribution in [3.8, 4) is 11.5 Å². The standard InChI is InChI=1S/C22H33N3O3.HI/c1-23-21(24-19-16-9-13-28-20(16)22(19)10-5-11-22)25(2)12-8-15-6-7-17(26-3)18(14-15)27-4;/h6-7,14,16,19-20H,5,8-13H2,1-4H3,(H,23,24);1H. The van der Waals surface area contributed by atoms with Crippen LogP contribution in [0.3, 0.4) is 0 Å². The lowest BCUT2D eigenvalue weighted by atomic mass is 9.46. The Balaban J connectivity index is 0.00000240. The van der Waals surface area contributed by atoms with Gasteiger partial charge in [-0.3, -0.25) is 4.99 Å². The highest BCUT2D eigenvalue weighted by atomic mass is 127. The third-order valence-electron chi connectivity index (χ3n) is 7.08. The molecule has 1 saturated heterocycles. The Morgan fingerprint density at radius 3 is 2.66 bits per heavy atom. The molecule has 3 unspecified atom stereocenters. The second kappa shape index (κ2) is 9.29. The zero-order chi connectivity index (χ0) is 19.7. The number of aliphatic imine (C=N–C) groups is 1. The highest BCUT2D eigenvalue weighted by Crippen LogP contribution is 2.62. The molecule has 0 radical (unpaired) electrons. The van der Waals surface area contributed by atoms with Crippen molar-refractivity contribution in [2.24, 2.45) is 16.3 Å². The number of benzene rings is 1. The third kappa shape index (κ3) is 3.92. The van der Waals surface area contributed by atoms with Gasteiger partial charge in [-0.15, -0.1) is 24.0 Å². The largest absolute Gasteiger partial charge is 0.493 e. The van der Waals surface area contributed by atoms with Crippen molar-refractivity contribution in [1.29, 1.82) is 0 Å². The number of nitrogens with one attached hydrogen (secondary N) is 1. The highest BCUT2D eigenvalue weighted by Gasteiger charge is 2.66. The van der Waals surface area contributed by atoms with Crippen LogP contribution in [0.1, 0.15) is 31.2 Å². The monoisotopic (exact) mass is 515 g/mol. The number of halogens is 1. The van der Waals surface area contributed by atoms with Gasteiger partial charge in [-0.2, -0.15) is 0 Å². The first-order valence-corrected chi connectivity index (χ1v) is 10.4. The SMILES string of the molecule is CN=C(NC1C2CCOC2C12CCC2)N(C)CCc1ccc(OC)c(OC)c1.I. The molecule has 0 amide bonds. The van der Waals surface area contributed by atoms with Crippen LogP contribution in [0.4, 0.5) is 0 Å². The molecule has 1 aromatic rings. The van der Waals surface area contributed by atoms with E-state index in [1.165, 1.54) is 31.2 Å². The van der Waals surface area contributed by atoms with E-state index < -0.39 is 0 Å². The summed E-state index contributed by atoms with van der Waals surface area (Å²) in [7, 11) is 7.33. The van der Waals surface area contributed by atoms with E-state index in [2.05, 4.69) is 34.4 Å². The van der Waals surface area contributed by atoms with E-state index in [9.17, 15) is 0 Å². The minimum absolute atomic E-state index is 0. The molecule has 3 aliphatic rings. The first kappa shape index (κ1) is 22.5. The van der Waals surface area contributed by atoms with Crippen LogP contribution in [0.25, 0.3) is 0 Å². The molecule has 3 fully saturated rings. The van der Waals surface area contributed by atoms with Gasteiger partial charge in [0.25, 0.3) is 0 Å². The topological polar surface area (TPSA) is 55.3 Å². The normalized spacial score (nSPS) is 26.6. The molecular weight excluding hydrogens is 481 g/mol. The summed E-state index contributed by atoms with van der Waals surface area (Å²) in [5.74, 6) is 3.18. The van der Waals surface area contributed by atoms with Crippen molar-refractivity contribution in [2.75, 3.05) is 41.5 Å². The fourth-order valence-electron chi connectivity index (χ4n) is 5.38. The van der Waals surface area contributed by atoms with Gasteiger partial charge in [0.1, 0.15) is 0 Å². The molecule has 2 saturated carbocycles. The van der Waals surface area contributed by atoms with Crippen LogP contribution in [-0.4, -0.2) is 64.5 Å². The van der Waals surface area contributed by atoms with Crippen molar-refractivity contribution in [2.45, 2.75) is 44.2 Å². The van der Waals surface area contributed by atoms with Crippen molar-refractivity contribution < 1.29 is 14.2 Å². The van der Waals surface area contributed by atoms with Crippen LogP contribution >= 0.6 is 24.0 Å². The smallest absolute Gasteiger partial charge is 0.193 e. The minimum atomic E-state index is 0. The lowest BCUT2D eigenvalue weighted by Crippen LogP contribution is -2.72. The number of ether oxygens (including phenoxy) is 3. The summed E-state index contributed by atoms with van der Waals surface area (Å²) in [6.07, 6.45) is 6.49. The minimum Gasteiger partial charge on any atom is -0.493 e. The fourth-order valence-corrected chi connectivity index (χ4v) is 5.38. The number of likely N-dealkylation sites (N-methyl/N-ethyl adjacent to an activating group) is 1. The molecule has 1 heterocycles. The Hall–Kier alpha value is -1.22. The quantitative estimate of drug-likeness (QED) is 0.358. The average Bonchev–Trinajstić information content (AvgIpc) is 3.10. The molecule has 6 nitrogen and oxygen atoms in total. The molecule has 29 heavy (non-hydrogen) atoms. The molecule has 1 aromatic carbocycles. The van der Waals surface area contributed by atoms with Crippen LogP contribution in [0.5, 0.6) is 11.5 Å². The number of guanidine groups is 1. The van der Waals surface area contributed by atoms with E-state index in [0.717, 1.165) is 37.0 Å². The molecule has 0 aromatic heterocycles. The van der Waals surface area contributed by atoms with Gasteiger partial charge in [-0.1, -0.05) is 12.5 Å². The number of hydrogen-bond donors (Lipinski definition) is 1. The number of hydrogen-bond acceptors (Lipinski definition) is 4. The molecule has 7 heteroatoms. The summed E-state index contributed by atoms with van der Waals surface area (Å²) in [5.41, 5.74) is 1.59. The van der Waals surface area contributed by atoms with Crippen molar-refractivity contribution in [3.05, 3.63) is 23.8 Å². The fraction of sp³-hybridized carbons (Fsp3) is 0.682. The third-order valence-corrected chi connectivity index (χ3v) is 7.08. The van der Waals surface area contributed by atoms with Gasteiger partial charge in [0.2, 0.25) is 0 Å². The van der Waals surface area contributed by atoms with Crippen molar-refractivity contribution in [3.63, 3.8) is 0 Å². The van der Waals surface area contributed by atoms with Crippen LogP contribution in [-0.2, 0) is 11.2 Å². The molecule has 1 N–H and O–H groups in total. The maximum Gasteiger partial charge on any atom is 0.193 e. The Kier molecular flexibility index (Phi) is 7.19. The molecule has 162 valence electrons.